The Morgan fingerprint density at radius 2 is 1.74 bits per heavy atom. The van der Waals surface area contributed by atoms with Crippen molar-refractivity contribution in [2.75, 3.05) is 7.11 Å². The molecule has 1 aliphatic carbocycles. The Bertz CT molecular complexity index is 514. The SMILES string of the molecule is COC(=O)c1ccc(C2(C(=O)O)CC(F)(F)C2)cc1. The van der Waals surface area contributed by atoms with E-state index in [1.54, 1.807) is 0 Å². The lowest BCUT2D eigenvalue weighted by molar-refractivity contribution is -0.174. The summed E-state index contributed by atoms with van der Waals surface area (Å²) in [7, 11) is 1.22. The van der Waals surface area contributed by atoms with Crippen LogP contribution in [0.3, 0.4) is 0 Å². The highest BCUT2D eigenvalue weighted by Crippen LogP contribution is 2.53. The Balaban J connectivity index is 2.30. The molecule has 19 heavy (non-hydrogen) atoms. The van der Waals surface area contributed by atoms with Gasteiger partial charge in [-0.05, 0) is 17.7 Å². The number of alkyl halides is 2. The zero-order valence-corrected chi connectivity index (χ0v) is 10.2. The van der Waals surface area contributed by atoms with Crippen LogP contribution in [0.2, 0.25) is 0 Å². The molecule has 0 aromatic heterocycles. The maximum absolute atomic E-state index is 13.0. The number of benzene rings is 1. The fourth-order valence-corrected chi connectivity index (χ4v) is 2.35. The number of carbonyl (C=O) groups is 2. The molecule has 0 amide bonds. The van der Waals surface area contributed by atoms with Gasteiger partial charge in [0.1, 0.15) is 5.41 Å². The van der Waals surface area contributed by atoms with Crippen LogP contribution in [0.15, 0.2) is 24.3 Å². The zero-order chi connectivity index (χ0) is 14.3. The lowest BCUT2D eigenvalue weighted by Gasteiger charge is -2.44. The van der Waals surface area contributed by atoms with Gasteiger partial charge in [-0.3, -0.25) is 4.79 Å². The topological polar surface area (TPSA) is 63.6 Å². The highest BCUT2D eigenvalue weighted by Gasteiger charge is 2.62. The van der Waals surface area contributed by atoms with Crippen LogP contribution in [0.25, 0.3) is 0 Å². The summed E-state index contributed by atoms with van der Waals surface area (Å²) in [6.07, 6.45) is -1.43. The number of aliphatic carboxylic acids is 1. The number of hydrogen-bond acceptors (Lipinski definition) is 3. The molecule has 1 N–H and O–H groups in total. The summed E-state index contributed by atoms with van der Waals surface area (Å²) in [5, 5.41) is 9.17. The number of hydrogen-bond donors (Lipinski definition) is 1. The smallest absolute Gasteiger partial charge is 0.337 e. The van der Waals surface area contributed by atoms with E-state index in [1.807, 2.05) is 0 Å². The summed E-state index contributed by atoms with van der Waals surface area (Å²) in [5.74, 6) is -4.78. The summed E-state index contributed by atoms with van der Waals surface area (Å²) in [6, 6.07) is 5.52. The van der Waals surface area contributed by atoms with Crippen LogP contribution in [-0.2, 0) is 14.9 Å². The Morgan fingerprint density at radius 3 is 2.11 bits per heavy atom. The van der Waals surface area contributed by atoms with Crippen molar-refractivity contribution >= 4 is 11.9 Å². The Hall–Kier alpha value is -1.98. The second kappa shape index (κ2) is 4.29. The maximum atomic E-state index is 13.0. The summed E-state index contributed by atoms with van der Waals surface area (Å²) < 4.78 is 30.5. The Morgan fingerprint density at radius 1 is 1.21 bits per heavy atom. The average Bonchev–Trinajstić information content (AvgIpc) is 2.34. The van der Waals surface area contributed by atoms with Crippen molar-refractivity contribution in [3.63, 3.8) is 0 Å². The monoisotopic (exact) mass is 270 g/mol. The van der Waals surface area contributed by atoms with Crippen molar-refractivity contribution < 1.29 is 28.2 Å². The summed E-state index contributed by atoms with van der Waals surface area (Å²) in [6.45, 7) is 0. The predicted octanol–water partition coefficient (Wildman–Crippen LogP) is 2.22. The van der Waals surface area contributed by atoms with E-state index in [0.717, 1.165) is 0 Å². The van der Waals surface area contributed by atoms with E-state index in [1.165, 1.54) is 31.4 Å². The van der Waals surface area contributed by atoms with Gasteiger partial charge in [0.2, 0.25) is 0 Å². The largest absolute Gasteiger partial charge is 0.481 e. The molecule has 1 fully saturated rings. The molecule has 102 valence electrons. The molecule has 1 aromatic carbocycles. The number of methoxy groups -OCH3 is 1. The molecule has 6 heteroatoms. The van der Waals surface area contributed by atoms with Gasteiger partial charge in [-0.2, -0.15) is 0 Å². The van der Waals surface area contributed by atoms with Crippen LogP contribution < -0.4 is 0 Å². The molecule has 2 rings (SSSR count). The van der Waals surface area contributed by atoms with Crippen LogP contribution in [0.1, 0.15) is 28.8 Å². The molecule has 0 unspecified atom stereocenters. The number of ether oxygens (including phenoxy) is 1. The minimum atomic E-state index is -2.95. The number of carboxylic acids is 1. The van der Waals surface area contributed by atoms with E-state index in [-0.39, 0.29) is 11.1 Å². The molecule has 0 saturated heterocycles. The number of esters is 1. The van der Waals surface area contributed by atoms with Crippen LogP contribution >= 0.6 is 0 Å². The normalized spacial score (nSPS) is 19.3. The van der Waals surface area contributed by atoms with E-state index >= 15 is 0 Å². The molecular weight excluding hydrogens is 258 g/mol. The average molecular weight is 270 g/mol. The quantitative estimate of drug-likeness (QED) is 0.855. The van der Waals surface area contributed by atoms with Gasteiger partial charge in [-0.25, -0.2) is 13.6 Å². The van der Waals surface area contributed by atoms with Crippen LogP contribution in [-0.4, -0.2) is 30.1 Å². The lowest BCUT2D eigenvalue weighted by atomic mass is 9.62. The van der Waals surface area contributed by atoms with E-state index in [4.69, 9.17) is 5.11 Å². The van der Waals surface area contributed by atoms with Crippen molar-refractivity contribution in [1.82, 2.24) is 0 Å². The third kappa shape index (κ3) is 2.18. The molecule has 1 aromatic rings. The Kier molecular flexibility index (Phi) is 3.04. The first-order chi connectivity index (χ1) is 8.81. The fourth-order valence-electron chi connectivity index (χ4n) is 2.35. The number of carboxylic acid groups (broad SMARTS) is 1. The lowest BCUT2D eigenvalue weighted by Crippen LogP contribution is -2.54. The zero-order valence-electron chi connectivity index (χ0n) is 10.2. The van der Waals surface area contributed by atoms with Gasteiger partial charge in [0.15, 0.2) is 0 Å². The fraction of sp³-hybridized carbons (Fsp3) is 0.385. The molecule has 0 spiro atoms. The molecule has 0 radical (unpaired) electrons. The number of carbonyl (C=O) groups excluding carboxylic acids is 1. The second-order valence-electron chi connectivity index (χ2n) is 4.67. The Labute approximate surface area is 108 Å². The van der Waals surface area contributed by atoms with Gasteiger partial charge in [-0.1, -0.05) is 12.1 Å². The molecule has 0 aliphatic heterocycles. The predicted molar refractivity (Wildman–Crippen MR) is 61.3 cm³/mol. The van der Waals surface area contributed by atoms with Gasteiger partial charge < -0.3 is 9.84 Å². The molecule has 0 bridgehead atoms. The highest BCUT2D eigenvalue weighted by molar-refractivity contribution is 5.90. The highest BCUT2D eigenvalue weighted by atomic mass is 19.3. The minimum absolute atomic E-state index is 0.248. The molecule has 4 nitrogen and oxygen atoms in total. The van der Waals surface area contributed by atoms with Crippen LogP contribution in [0.4, 0.5) is 8.78 Å². The molecule has 0 heterocycles. The third-order valence-corrected chi connectivity index (χ3v) is 3.39. The van der Waals surface area contributed by atoms with Gasteiger partial charge in [0, 0.05) is 12.8 Å². The second-order valence-corrected chi connectivity index (χ2v) is 4.67. The van der Waals surface area contributed by atoms with Crippen LogP contribution in [0.5, 0.6) is 0 Å². The first-order valence-corrected chi connectivity index (χ1v) is 5.61. The molecule has 1 saturated carbocycles. The molecule has 0 atom stereocenters. The first kappa shape index (κ1) is 13.5. The summed E-state index contributed by atoms with van der Waals surface area (Å²) >= 11 is 0. The van der Waals surface area contributed by atoms with Crippen molar-refractivity contribution in [3.8, 4) is 0 Å². The minimum Gasteiger partial charge on any atom is -0.481 e. The van der Waals surface area contributed by atoms with E-state index in [0.29, 0.717) is 0 Å². The van der Waals surface area contributed by atoms with Crippen molar-refractivity contribution in [2.24, 2.45) is 0 Å². The number of rotatable bonds is 3. The summed E-state index contributed by atoms with van der Waals surface area (Å²) in [5.41, 5.74) is -1.03. The van der Waals surface area contributed by atoms with Gasteiger partial charge in [-0.15, -0.1) is 0 Å². The van der Waals surface area contributed by atoms with Crippen molar-refractivity contribution in [3.05, 3.63) is 35.4 Å². The van der Waals surface area contributed by atoms with E-state index < -0.39 is 36.1 Å². The van der Waals surface area contributed by atoms with Crippen LogP contribution in [0, 0.1) is 0 Å². The van der Waals surface area contributed by atoms with E-state index in [2.05, 4.69) is 4.74 Å². The van der Waals surface area contributed by atoms with Gasteiger partial charge >= 0.3 is 11.9 Å². The number of halogens is 2. The first-order valence-electron chi connectivity index (χ1n) is 5.61. The molecule has 1 aliphatic rings. The third-order valence-electron chi connectivity index (χ3n) is 3.39. The van der Waals surface area contributed by atoms with Gasteiger partial charge in [0.25, 0.3) is 5.92 Å². The molecular formula is C13H12F2O4. The van der Waals surface area contributed by atoms with Gasteiger partial charge in [0.05, 0.1) is 12.7 Å². The summed E-state index contributed by atoms with van der Waals surface area (Å²) in [4.78, 5) is 22.5. The van der Waals surface area contributed by atoms with Crippen molar-refractivity contribution in [1.29, 1.82) is 0 Å². The maximum Gasteiger partial charge on any atom is 0.337 e. The standard InChI is InChI=1S/C13H12F2O4/c1-19-10(16)8-2-4-9(5-3-8)12(11(17)18)6-13(14,15)7-12/h2-5H,6-7H2,1H3,(H,17,18). The van der Waals surface area contributed by atoms with Crippen molar-refractivity contribution in [2.45, 2.75) is 24.2 Å². The van der Waals surface area contributed by atoms with E-state index in [9.17, 15) is 18.4 Å².